The molecular formula is C23H29BrN4O3S. The van der Waals surface area contributed by atoms with Crippen molar-refractivity contribution in [1.29, 1.82) is 0 Å². The van der Waals surface area contributed by atoms with Crippen molar-refractivity contribution in [3.63, 3.8) is 0 Å². The number of fused-ring (bicyclic) bond motifs is 1. The molecule has 1 saturated heterocycles. The number of anilines is 1. The van der Waals surface area contributed by atoms with Crippen LogP contribution in [0.15, 0.2) is 52.0 Å². The van der Waals surface area contributed by atoms with Crippen LogP contribution in [0.5, 0.6) is 5.75 Å². The lowest BCUT2D eigenvalue weighted by Crippen LogP contribution is -2.43. The molecule has 0 unspecified atom stereocenters. The standard InChI is InChI=1S/C23H29BrN4O3S/c1-26(2)11-8-17-16-28(21-6-4-18(24)14-20(17)21)32(29,30)19-5-7-23(31-3)22(15-19)27-12-9-25-10-13-27/h4-7,14-16,25H,8-13H2,1-3H3. The SMILES string of the molecule is COc1ccc(S(=O)(=O)n2cc(CCN(C)C)c3cc(Br)ccc32)cc1N1CCNCC1. The van der Waals surface area contributed by atoms with Crippen LogP contribution in [0.1, 0.15) is 5.56 Å². The van der Waals surface area contributed by atoms with Crippen molar-refractivity contribution in [3.8, 4) is 5.75 Å². The van der Waals surface area contributed by atoms with Gasteiger partial charge in [-0.25, -0.2) is 12.4 Å². The summed E-state index contributed by atoms with van der Waals surface area (Å²) in [5.41, 5.74) is 2.50. The Balaban J connectivity index is 1.81. The van der Waals surface area contributed by atoms with Gasteiger partial charge in [-0.15, -0.1) is 0 Å². The van der Waals surface area contributed by atoms with Gasteiger partial charge in [-0.3, -0.25) is 0 Å². The minimum atomic E-state index is -3.79. The van der Waals surface area contributed by atoms with E-state index in [1.807, 2.05) is 32.3 Å². The molecule has 0 amide bonds. The number of hydrogen-bond donors (Lipinski definition) is 1. The van der Waals surface area contributed by atoms with Gasteiger partial charge in [-0.05, 0) is 62.5 Å². The van der Waals surface area contributed by atoms with E-state index in [0.29, 0.717) is 11.3 Å². The molecule has 172 valence electrons. The van der Waals surface area contributed by atoms with Crippen LogP contribution < -0.4 is 15.0 Å². The molecule has 32 heavy (non-hydrogen) atoms. The van der Waals surface area contributed by atoms with Crippen molar-refractivity contribution in [2.24, 2.45) is 0 Å². The number of halogens is 1. The van der Waals surface area contributed by atoms with E-state index in [4.69, 9.17) is 4.74 Å². The quantitative estimate of drug-likeness (QED) is 0.516. The Morgan fingerprint density at radius 2 is 1.88 bits per heavy atom. The van der Waals surface area contributed by atoms with Crippen LogP contribution in [0.25, 0.3) is 10.9 Å². The van der Waals surface area contributed by atoms with Gasteiger partial charge in [0.2, 0.25) is 0 Å². The smallest absolute Gasteiger partial charge is 0.268 e. The predicted molar refractivity (Wildman–Crippen MR) is 133 cm³/mol. The van der Waals surface area contributed by atoms with E-state index >= 15 is 0 Å². The van der Waals surface area contributed by atoms with Crippen molar-refractivity contribution >= 4 is 42.5 Å². The van der Waals surface area contributed by atoms with E-state index in [0.717, 1.165) is 60.3 Å². The molecule has 0 bridgehead atoms. The van der Waals surface area contributed by atoms with Crippen LogP contribution in [-0.2, 0) is 16.4 Å². The number of likely N-dealkylation sites (N-methyl/N-ethyl adjacent to an activating group) is 1. The summed E-state index contributed by atoms with van der Waals surface area (Å²) in [7, 11) is 1.85. The lowest BCUT2D eigenvalue weighted by Gasteiger charge is -2.30. The molecule has 1 aliphatic rings. The van der Waals surface area contributed by atoms with Crippen LogP contribution in [0.3, 0.4) is 0 Å². The monoisotopic (exact) mass is 520 g/mol. The summed E-state index contributed by atoms with van der Waals surface area (Å²) in [5.74, 6) is 0.679. The summed E-state index contributed by atoms with van der Waals surface area (Å²) >= 11 is 3.53. The van der Waals surface area contributed by atoms with Gasteiger partial charge in [0.15, 0.2) is 0 Å². The molecule has 0 spiro atoms. The normalized spacial score (nSPS) is 15.0. The Hall–Kier alpha value is -2.07. The molecule has 4 rings (SSSR count). The molecule has 1 N–H and O–H groups in total. The Kier molecular flexibility index (Phi) is 6.80. The molecule has 1 fully saturated rings. The van der Waals surface area contributed by atoms with Crippen LogP contribution in [0.4, 0.5) is 5.69 Å². The third kappa shape index (κ3) is 4.52. The Bertz CT molecular complexity index is 1220. The highest BCUT2D eigenvalue weighted by molar-refractivity contribution is 9.10. The average molecular weight is 521 g/mol. The number of hydrogen-bond acceptors (Lipinski definition) is 6. The third-order valence-corrected chi connectivity index (χ3v) is 7.97. The summed E-state index contributed by atoms with van der Waals surface area (Å²) in [4.78, 5) is 4.52. The largest absolute Gasteiger partial charge is 0.495 e. The van der Waals surface area contributed by atoms with Crippen LogP contribution in [0.2, 0.25) is 0 Å². The van der Waals surface area contributed by atoms with Crippen LogP contribution in [0, 0.1) is 0 Å². The number of nitrogens with one attached hydrogen (secondary N) is 1. The molecule has 2 aromatic carbocycles. The summed E-state index contributed by atoms with van der Waals surface area (Å²) in [6.45, 7) is 4.14. The molecule has 9 heteroatoms. The first-order valence-electron chi connectivity index (χ1n) is 10.6. The fourth-order valence-corrected chi connectivity index (χ4v) is 5.85. The topological polar surface area (TPSA) is 66.8 Å². The van der Waals surface area contributed by atoms with Gasteiger partial charge in [0.25, 0.3) is 10.0 Å². The number of aromatic nitrogens is 1. The first-order chi connectivity index (χ1) is 15.3. The van der Waals surface area contributed by atoms with Crippen molar-refractivity contribution in [2.45, 2.75) is 11.3 Å². The fourth-order valence-electron chi connectivity index (χ4n) is 4.08. The van der Waals surface area contributed by atoms with E-state index in [1.165, 1.54) is 3.97 Å². The molecule has 7 nitrogen and oxygen atoms in total. The zero-order valence-corrected chi connectivity index (χ0v) is 21.0. The summed E-state index contributed by atoms with van der Waals surface area (Å²) < 4.78 is 35.5. The van der Waals surface area contributed by atoms with E-state index in [2.05, 4.69) is 31.0 Å². The fraction of sp³-hybridized carbons (Fsp3) is 0.391. The van der Waals surface area contributed by atoms with Gasteiger partial charge >= 0.3 is 0 Å². The Labute approximate surface area is 198 Å². The highest BCUT2D eigenvalue weighted by Crippen LogP contribution is 2.34. The highest BCUT2D eigenvalue weighted by atomic mass is 79.9. The van der Waals surface area contributed by atoms with E-state index < -0.39 is 10.0 Å². The average Bonchev–Trinajstić information content (AvgIpc) is 3.16. The van der Waals surface area contributed by atoms with Gasteiger partial charge in [0.1, 0.15) is 5.75 Å². The molecule has 1 aromatic heterocycles. The number of benzene rings is 2. The molecule has 0 aliphatic carbocycles. The zero-order chi connectivity index (χ0) is 22.9. The number of methoxy groups -OCH3 is 1. The van der Waals surface area contributed by atoms with Crippen molar-refractivity contribution in [1.82, 2.24) is 14.2 Å². The van der Waals surface area contributed by atoms with Gasteiger partial charge in [0.05, 0.1) is 23.2 Å². The molecule has 0 radical (unpaired) electrons. The summed E-state index contributed by atoms with van der Waals surface area (Å²) in [5, 5.41) is 4.27. The van der Waals surface area contributed by atoms with E-state index in [-0.39, 0.29) is 4.90 Å². The molecule has 1 aliphatic heterocycles. The first-order valence-corrected chi connectivity index (χ1v) is 12.9. The number of ether oxygens (including phenoxy) is 1. The maximum atomic E-state index is 13.8. The second-order valence-electron chi connectivity index (χ2n) is 8.24. The highest BCUT2D eigenvalue weighted by Gasteiger charge is 2.24. The van der Waals surface area contributed by atoms with Crippen molar-refractivity contribution in [3.05, 3.63) is 52.6 Å². The minimum Gasteiger partial charge on any atom is -0.495 e. The molecule has 2 heterocycles. The summed E-state index contributed by atoms with van der Waals surface area (Å²) in [6, 6.07) is 10.8. The van der Waals surface area contributed by atoms with Crippen molar-refractivity contribution in [2.75, 3.05) is 58.8 Å². The second kappa shape index (κ2) is 9.43. The van der Waals surface area contributed by atoms with E-state index in [1.54, 1.807) is 31.5 Å². The molecule has 0 atom stereocenters. The summed E-state index contributed by atoms with van der Waals surface area (Å²) in [6.07, 6.45) is 2.53. The first kappa shape index (κ1) is 23.1. The predicted octanol–water partition coefficient (Wildman–Crippen LogP) is 3.16. The molecule has 3 aromatic rings. The maximum Gasteiger partial charge on any atom is 0.268 e. The van der Waals surface area contributed by atoms with Crippen LogP contribution >= 0.6 is 15.9 Å². The van der Waals surface area contributed by atoms with Gasteiger partial charge in [-0.1, -0.05) is 15.9 Å². The van der Waals surface area contributed by atoms with E-state index in [9.17, 15) is 8.42 Å². The number of rotatable bonds is 7. The third-order valence-electron chi connectivity index (χ3n) is 5.81. The van der Waals surface area contributed by atoms with Gasteiger partial charge in [-0.2, -0.15) is 0 Å². The van der Waals surface area contributed by atoms with Crippen molar-refractivity contribution < 1.29 is 13.2 Å². The zero-order valence-electron chi connectivity index (χ0n) is 18.6. The lowest BCUT2D eigenvalue weighted by atomic mass is 10.1. The molecule has 0 saturated carbocycles. The lowest BCUT2D eigenvalue weighted by molar-refractivity contribution is 0.412. The number of piperazine rings is 1. The Morgan fingerprint density at radius 1 is 1.12 bits per heavy atom. The van der Waals surface area contributed by atoms with Crippen LogP contribution in [-0.4, -0.2) is 71.2 Å². The number of nitrogens with zero attached hydrogens (tertiary/aromatic N) is 3. The Morgan fingerprint density at radius 3 is 2.56 bits per heavy atom. The maximum absolute atomic E-state index is 13.8. The minimum absolute atomic E-state index is 0.255. The van der Waals surface area contributed by atoms with Gasteiger partial charge in [0, 0.05) is 48.8 Å². The molecular weight excluding hydrogens is 492 g/mol. The van der Waals surface area contributed by atoms with Gasteiger partial charge < -0.3 is 19.9 Å². The second-order valence-corrected chi connectivity index (χ2v) is 11.0.